The summed E-state index contributed by atoms with van der Waals surface area (Å²) in [5.74, 6) is 0.114. The van der Waals surface area contributed by atoms with Gasteiger partial charge in [0.05, 0.1) is 23.9 Å². The van der Waals surface area contributed by atoms with Crippen LogP contribution in [0.3, 0.4) is 0 Å². The molecule has 3 nitrogen and oxygen atoms in total. The van der Waals surface area contributed by atoms with Gasteiger partial charge < -0.3 is 5.32 Å². The molecular weight excluding hydrogens is 188 g/mol. The van der Waals surface area contributed by atoms with Crippen LogP contribution in [0.25, 0.3) is 10.9 Å². The van der Waals surface area contributed by atoms with E-state index in [1.165, 1.54) is 0 Å². The molecule has 0 radical (unpaired) electrons. The number of nitrogens with one attached hydrogen (secondary N) is 1. The molecule has 2 aromatic rings. The standard InChI is InChI=1S/C12H12N2O/c1-9(15)7-13-11-6-10-4-2-3-5-12(10)14-8-11/h2-6,8,13H,7H2,1H3. The highest BCUT2D eigenvalue weighted by Crippen LogP contribution is 2.15. The number of para-hydroxylation sites is 1. The summed E-state index contributed by atoms with van der Waals surface area (Å²) in [5.41, 5.74) is 1.84. The molecule has 0 bridgehead atoms. The molecule has 0 amide bonds. The number of pyridine rings is 1. The SMILES string of the molecule is CC(=O)CNc1cnc2ccccc2c1. The molecule has 15 heavy (non-hydrogen) atoms. The Balaban J connectivity index is 2.26. The number of ketones is 1. The number of rotatable bonds is 3. The third-order valence-corrected chi connectivity index (χ3v) is 2.13. The fourth-order valence-electron chi connectivity index (χ4n) is 1.39. The van der Waals surface area contributed by atoms with Crippen LogP contribution in [0.1, 0.15) is 6.92 Å². The van der Waals surface area contributed by atoms with Crippen LogP contribution >= 0.6 is 0 Å². The van der Waals surface area contributed by atoms with Crippen LogP contribution in [0.2, 0.25) is 0 Å². The first-order chi connectivity index (χ1) is 7.25. The Kier molecular flexibility index (Phi) is 2.63. The van der Waals surface area contributed by atoms with E-state index < -0.39 is 0 Å². The summed E-state index contributed by atoms with van der Waals surface area (Å²) >= 11 is 0. The number of anilines is 1. The van der Waals surface area contributed by atoms with Crippen molar-refractivity contribution in [2.45, 2.75) is 6.92 Å². The second-order valence-electron chi connectivity index (χ2n) is 3.47. The van der Waals surface area contributed by atoms with Gasteiger partial charge in [0, 0.05) is 5.39 Å². The van der Waals surface area contributed by atoms with Crippen molar-refractivity contribution in [2.24, 2.45) is 0 Å². The van der Waals surface area contributed by atoms with Crippen LogP contribution in [-0.4, -0.2) is 17.3 Å². The monoisotopic (exact) mass is 200 g/mol. The van der Waals surface area contributed by atoms with Gasteiger partial charge in [-0.3, -0.25) is 9.78 Å². The van der Waals surface area contributed by atoms with Gasteiger partial charge in [0.1, 0.15) is 5.78 Å². The smallest absolute Gasteiger partial charge is 0.148 e. The summed E-state index contributed by atoms with van der Waals surface area (Å²) in [5, 5.41) is 4.10. The summed E-state index contributed by atoms with van der Waals surface area (Å²) in [6.45, 7) is 1.90. The largest absolute Gasteiger partial charge is 0.377 e. The number of nitrogens with zero attached hydrogens (tertiary/aromatic N) is 1. The molecule has 0 saturated heterocycles. The highest BCUT2D eigenvalue weighted by Gasteiger charge is 1.97. The maximum atomic E-state index is 10.8. The molecule has 0 aliphatic rings. The Hall–Kier alpha value is -1.90. The number of Topliss-reactive ketones (excluding diaryl/α,β-unsaturated/α-hetero) is 1. The predicted octanol–water partition coefficient (Wildman–Crippen LogP) is 2.24. The molecule has 0 unspecified atom stereocenters. The van der Waals surface area contributed by atoms with Gasteiger partial charge in [0.15, 0.2) is 0 Å². The molecule has 76 valence electrons. The zero-order valence-corrected chi connectivity index (χ0v) is 8.53. The molecule has 0 aliphatic carbocycles. The number of carbonyl (C=O) groups excluding carboxylic acids is 1. The second-order valence-corrected chi connectivity index (χ2v) is 3.47. The molecule has 3 heteroatoms. The molecular formula is C12H12N2O. The van der Waals surface area contributed by atoms with Crippen molar-refractivity contribution in [2.75, 3.05) is 11.9 Å². The number of hydrogen-bond acceptors (Lipinski definition) is 3. The highest BCUT2D eigenvalue weighted by atomic mass is 16.1. The number of carbonyl (C=O) groups is 1. The molecule has 1 heterocycles. The summed E-state index contributed by atoms with van der Waals surface area (Å²) in [6.07, 6.45) is 1.74. The molecule has 1 aromatic heterocycles. The molecule has 0 fully saturated rings. The highest BCUT2D eigenvalue weighted by molar-refractivity contribution is 5.83. The normalized spacial score (nSPS) is 10.2. The molecule has 0 saturated carbocycles. The van der Waals surface area contributed by atoms with Crippen molar-refractivity contribution in [1.82, 2.24) is 4.98 Å². The quantitative estimate of drug-likeness (QED) is 0.826. The lowest BCUT2D eigenvalue weighted by molar-refractivity contribution is -0.115. The van der Waals surface area contributed by atoms with E-state index in [2.05, 4.69) is 10.3 Å². The van der Waals surface area contributed by atoms with E-state index in [0.717, 1.165) is 16.6 Å². The van der Waals surface area contributed by atoms with Crippen LogP contribution in [0.5, 0.6) is 0 Å². The zero-order chi connectivity index (χ0) is 10.7. The molecule has 0 spiro atoms. The van der Waals surface area contributed by atoms with Crippen LogP contribution in [0, 0.1) is 0 Å². The minimum Gasteiger partial charge on any atom is -0.377 e. The van der Waals surface area contributed by atoms with Gasteiger partial charge in [0.25, 0.3) is 0 Å². The summed E-state index contributed by atoms with van der Waals surface area (Å²) < 4.78 is 0. The van der Waals surface area contributed by atoms with Crippen LogP contribution < -0.4 is 5.32 Å². The van der Waals surface area contributed by atoms with Crippen LogP contribution in [-0.2, 0) is 4.79 Å². The van der Waals surface area contributed by atoms with E-state index in [1.807, 2.05) is 30.3 Å². The molecule has 0 aliphatic heterocycles. The Morgan fingerprint density at radius 3 is 3.00 bits per heavy atom. The lowest BCUT2D eigenvalue weighted by atomic mass is 10.2. The number of hydrogen-bond donors (Lipinski definition) is 1. The number of aromatic nitrogens is 1. The summed E-state index contributed by atoms with van der Waals surface area (Å²) in [6, 6.07) is 9.88. The Labute approximate surface area is 88.1 Å². The zero-order valence-electron chi connectivity index (χ0n) is 8.53. The van der Waals surface area contributed by atoms with E-state index in [-0.39, 0.29) is 5.78 Å². The lowest BCUT2D eigenvalue weighted by Crippen LogP contribution is -2.09. The van der Waals surface area contributed by atoms with Gasteiger partial charge in [-0.25, -0.2) is 0 Å². The fourth-order valence-corrected chi connectivity index (χ4v) is 1.39. The van der Waals surface area contributed by atoms with Gasteiger partial charge in [-0.2, -0.15) is 0 Å². The van der Waals surface area contributed by atoms with Crippen molar-refractivity contribution < 1.29 is 4.79 Å². The second kappa shape index (κ2) is 4.09. The maximum Gasteiger partial charge on any atom is 0.148 e. The first-order valence-corrected chi connectivity index (χ1v) is 4.84. The predicted molar refractivity (Wildman–Crippen MR) is 60.9 cm³/mol. The van der Waals surface area contributed by atoms with Crippen LogP contribution in [0.4, 0.5) is 5.69 Å². The minimum atomic E-state index is 0.114. The number of fused-ring (bicyclic) bond motifs is 1. The first-order valence-electron chi connectivity index (χ1n) is 4.84. The van der Waals surface area contributed by atoms with E-state index in [1.54, 1.807) is 13.1 Å². The average molecular weight is 200 g/mol. The van der Waals surface area contributed by atoms with Crippen molar-refractivity contribution in [1.29, 1.82) is 0 Å². The molecule has 2 rings (SSSR count). The minimum absolute atomic E-state index is 0.114. The Bertz CT molecular complexity index is 494. The van der Waals surface area contributed by atoms with Gasteiger partial charge >= 0.3 is 0 Å². The van der Waals surface area contributed by atoms with Gasteiger partial charge in [-0.1, -0.05) is 18.2 Å². The topological polar surface area (TPSA) is 42.0 Å². The van der Waals surface area contributed by atoms with E-state index in [9.17, 15) is 4.79 Å². The molecule has 1 aromatic carbocycles. The van der Waals surface area contributed by atoms with Gasteiger partial charge in [-0.15, -0.1) is 0 Å². The molecule has 0 atom stereocenters. The Morgan fingerprint density at radius 2 is 2.20 bits per heavy atom. The summed E-state index contributed by atoms with van der Waals surface area (Å²) in [7, 11) is 0. The fraction of sp³-hybridized carbons (Fsp3) is 0.167. The first kappa shape index (κ1) is 9.65. The van der Waals surface area contributed by atoms with Crippen molar-refractivity contribution in [3.05, 3.63) is 36.5 Å². The third-order valence-electron chi connectivity index (χ3n) is 2.13. The van der Waals surface area contributed by atoms with Crippen molar-refractivity contribution in [3.63, 3.8) is 0 Å². The maximum absolute atomic E-state index is 10.8. The number of benzene rings is 1. The van der Waals surface area contributed by atoms with Crippen LogP contribution in [0.15, 0.2) is 36.5 Å². The van der Waals surface area contributed by atoms with Crippen molar-refractivity contribution >= 4 is 22.4 Å². The average Bonchev–Trinajstić information content (AvgIpc) is 2.26. The van der Waals surface area contributed by atoms with E-state index >= 15 is 0 Å². The van der Waals surface area contributed by atoms with E-state index in [4.69, 9.17) is 0 Å². The van der Waals surface area contributed by atoms with Crippen molar-refractivity contribution in [3.8, 4) is 0 Å². The Morgan fingerprint density at radius 1 is 1.40 bits per heavy atom. The van der Waals surface area contributed by atoms with E-state index in [0.29, 0.717) is 6.54 Å². The third kappa shape index (κ3) is 2.31. The lowest BCUT2D eigenvalue weighted by Gasteiger charge is -2.04. The van der Waals surface area contributed by atoms with Gasteiger partial charge in [-0.05, 0) is 19.1 Å². The molecule has 1 N–H and O–H groups in total. The van der Waals surface area contributed by atoms with Gasteiger partial charge in [0.2, 0.25) is 0 Å². The summed E-state index contributed by atoms with van der Waals surface area (Å²) in [4.78, 5) is 15.1.